The summed E-state index contributed by atoms with van der Waals surface area (Å²) in [6, 6.07) is 6.92. The quantitative estimate of drug-likeness (QED) is 0.779. The van der Waals surface area contributed by atoms with Crippen molar-refractivity contribution >= 4 is 17.5 Å². The minimum Gasteiger partial charge on any atom is -0.477 e. The highest BCUT2D eigenvalue weighted by Crippen LogP contribution is 2.33. The Balaban J connectivity index is 2.01. The molecule has 0 saturated heterocycles. The van der Waals surface area contributed by atoms with Gasteiger partial charge in [-0.2, -0.15) is 5.10 Å². The Morgan fingerprint density at radius 3 is 2.90 bits per heavy atom. The average Bonchev–Trinajstić information content (AvgIpc) is 2.99. The molecule has 3 rings (SSSR count). The van der Waals surface area contributed by atoms with Gasteiger partial charge in [-0.25, -0.2) is 4.98 Å². The Kier molecular flexibility index (Phi) is 2.82. The van der Waals surface area contributed by atoms with Crippen molar-refractivity contribution in [3.8, 4) is 5.75 Å². The van der Waals surface area contributed by atoms with Crippen LogP contribution >= 0.6 is 0 Å². The van der Waals surface area contributed by atoms with Gasteiger partial charge in [-0.1, -0.05) is 12.1 Å². The number of benzene rings is 1. The summed E-state index contributed by atoms with van der Waals surface area (Å²) < 4.78 is 5.48. The number of nitrogens with two attached hydrogens (primary N) is 1. The van der Waals surface area contributed by atoms with Crippen LogP contribution in [0.25, 0.3) is 0 Å². The molecule has 1 atom stereocenters. The topological polar surface area (TPSA) is 114 Å². The van der Waals surface area contributed by atoms with Gasteiger partial charge >= 0.3 is 0 Å². The molecule has 8 nitrogen and oxygen atoms in total. The van der Waals surface area contributed by atoms with Crippen molar-refractivity contribution in [2.24, 2.45) is 5.73 Å². The number of carbonyl (C=O) groups is 2. The van der Waals surface area contributed by atoms with Crippen LogP contribution in [0.15, 0.2) is 30.6 Å². The molecule has 0 saturated carbocycles. The first-order valence-corrected chi connectivity index (χ1v) is 5.89. The lowest BCUT2D eigenvalue weighted by molar-refractivity contribution is -0.124. The first kappa shape index (κ1) is 12.2. The van der Waals surface area contributed by atoms with Crippen LogP contribution in [0.2, 0.25) is 0 Å². The molecule has 2 aromatic rings. The van der Waals surface area contributed by atoms with Gasteiger partial charge in [0.15, 0.2) is 6.10 Å². The molecule has 0 fully saturated rings. The molecular formula is C12H11N5O3. The van der Waals surface area contributed by atoms with E-state index in [0.717, 1.165) is 0 Å². The van der Waals surface area contributed by atoms with E-state index < -0.39 is 17.9 Å². The number of fused-ring (bicyclic) bond motifs is 1. The maximum atomic E-state index is 12.4. The molecule has 0 aliphatic carbocycles. The number of para-hydroxylation sites is 2. The van der Waals surface area contributed by atoms with Gasteiger partial charge in [-0.05, 0) is 12.1 Å². The molecule has 3 N–H and O–H groups in total. The SMILES string of the molecule is NC(=O)C1CN(C(=O)c2ncn[nH]2)c2ccccc2O1. The van der Waals surface area contributed by atoms with Crippen LogP contribution < -0.4 is 15.4 Å². The maximum Gasteiger partial charge on any atom is 0.295 e. The Morgan fingerprint density at radius 1 is 1.40 bits per heavy atom. The van der Waals surface area contributed by atoms with E-state index in [1.54, 1.807) is 24.3 Å². The standard InChI is InChI=1S/C12H11N5O3/c13-10(18)9-5-17(12(19)11-14-6-15-16-11)7-3-1-2-4-8(7)20-9/h1-4,6,9H,5H2,(H2,13,18)(H,14,15,16). The third kappa shape index (κ3) is 1.96. The van der Waals surface area contributed by atoms with E-state index in [4.69, 9.17) is 10.5 Å². The van der Waals surface area contributed by atoms with Crippen LogP contribution in [-0.4, -0.2) is 39.6 Å². The number of primary amides is 1. The molecule has 20 heavy (non-hydrogen) atoms. The third-order valence-electron chi connectivity index (χ3n) is 2.95. The van der Waals surface area contributed by atoms with Crippen molar-refractivity contribution in [1.82, 2.24) is 15.2 Å². The first-order valence-electron chi connectivity index (χ1n) is 5.89. The van der Waals surface area contributed by atoms with Crippen LogP contribution in [0.1, 0.15) is 10.6 Å². The van der Waals surface area contributed by atoms with Crippen LogP contribution in [0.3, 0.4) is 0 Å². The average molecular weight is 273 g/mol. The van der Waals surface area contributed by atoms with E-state index in [1.165, 1.54) is 11.2 Å². The molecule has 8 heteroatoms. The lowest BCUT2D eigenvalue weighted by Gasteiger charge is -2.32. The van der Waals surface area contributed by atoms with Crippen molar-refractivity contribution < 1.29 is 14.3 Å². The molecule has 0 bridgehead atoms. The van der Waals surface area contributed by atoms with Gasteiger partial charge in [0.25, 0.3) is 11.8 Å². The maximum absolute atomic E-state index is 12.4. The summed E-state index contributed by atoms with van der Waals surface area (Å²) in [5.41, 5.74) is 5.83. The van der Waals surface area contributed by atoms with Gasteiger partial charge in [-0.3, -0.25) is 19.6 Å². The van der Waals surface area contributed by atoms with Gasteiger partial charge in [0.1, 0.15) is 12.1 Å². The molecule has 2 heterocycles. The summed E-state index contributed by atoms with van der Waals surface area (Å²) >= 11 is 0. The summed E-state index contributed by atoms with van der Waals surface area (Å²) in [5, 5.41) is 6.14. The molecule has 102 valence electrons. The predicted molar refractivity (Wildman–Crippen MR) is 68.1 cm³/mol. The normalized spacial score (nSPS) is 17.2. The summed E-state index contributed by atoms with van der Waals surface area (Å²) in [4.78, 5) is 28.9. The molecule has 1 aromatic carbocycles. The number of nitrogens with one attached hydrogen (secondary N) is 1. The van der Waals surface area contributed by atoms with Crippen LogP contribution in [-0.2, 0) is 4.79 Å². The fourth-order valence-electron chi connectivity index (χ4n) is 2.01. The van der Waals surface area contributed by atoms with Gasteiger partial charge in [0.2, 0.25) is 5.82 Å². The lowest BCUT2D eigenvalue weighted by Crippen LogP contribution is -2.49. The molecule has 1 aliphatic heterocycles. The fraction of sp³-hybridized carbons (Fsp3) is 0.167. The first-order chi connectivity index (χ1) is 9.66. The molecule has 2 amide bonds. The van der Waals surface area contributed by atoms with Gasteiger partial charge in [0, 0.05) is 0 Å². The zero-order valence-corrected chi connectivity index (χ0v) is 10.3. The molecule has 1 aromatic heterocycles. The second-order valence-corrected chi connectivity index (χ2v) is 4.23. The van der Waals surface area contributed by atoms with Gasteiger partial charge < -0.3 is 10.5 Å². The van der Waals surface area contributed by atoms with Gasteiger partial charge in [0.05, 0.1) is 12.2 Å². The van der Waals surface area contributed by atoms with Crippen LogP contribution in [0, 0.1) is 0 Å². The second-order valence-electron chi connectivity index (χ2n) is 4.23. The second kappa shape index (κ2) is 4.65. The van der Waals surface area contributed by atoms with E-state index in [0.29, 0.717) is 11.4 Å². The summed E-state index contributed by atoms with van der Waals surface area (Å²) in [6.07, 6.45) is 0.349. The van der Waals surface area contributed by atoms with E-state index in [-0.39, 0.29) is 12.4 Å². The molecule has 0 spiro atoms. The number of nitrogens with zero attached hydrogens (tertiary/aromatic N) is 3. The number of hydrogen-bond acceptors (Lipinski definition) is 5. The lowest BCUT2D eigenvalue weighted by atomic mass is 10.1. The van der Waals surface area contributed by atoms with Crippen molar-refractivity contribution in [2.75, 3.05) is 11.4 Å². The highest BCUT2D eigenvalue weighted by Gasteiger charge is 2.33. The number of aromatic nitrogens is 3. The minimum absolute atomic E-state index is 0.0336. The zero-order chi connectivity index (χ0) is 14.1. The smallest absolute Gasteiger partial charge is 0.295 e. The number of aromatic amines is 1. The number of anilines is 1. The van der Waals surface area contributed by atoms with Crippen molar-refractivity contribution in [3.63, 3.8) is 0 Å². The number of amides is 2. The van der Waals surface area contributed by atoms with Crippen LogP contribution in [0.5, 0.6) is 5.75 Å². The molecule has 1 unspecified atom stereocenters. The molecule has 1 aliphatic rings. The Bertz CT molecular complexity index is 655. The minimum atomic E-state index is -0.892. The van der Waals surface area contributed by atoms with Crippen molar-refractivity contribution in [1.29, 1.82) is 0 Å². The number of H-pyrrole nitrogens is 1. The van der Waals surface area contributed by atoms with Gasteiger partial charge in [-0.15, -0.1) is 0 Å². The monoisotopic (exact) mass is 273 g/mol. The highest BCUT2D eigenvalue weighted by atomic mass is 16.5. The molecule has 0 radical (unpaired) electrons. The number of carbonyl (C=O) groups excluding carboxylic acids is 2. The predicted octanol–water partition coefficient (Wildman–Crippen LogP) is -0.302. The highest BCUT2D eigenvalue weighted by molar-refractivity contribution is 6.05. The van der Waals surface area contributed by atoms with E-state index in [1.807, 2.05) is 0 Å². The number of hydrogen-bond donors (Lipinski definition) is 2. The van der Waals surface area contributed by atoms with E-state index in [9.17, 15) is 9.59 Å². The summed E-state index contributed by atoms with van der Waals surface area (Å²) in [5.74, 6) is -0.514. The Morgan fingerprint density at radius 2 is 2.20 bits per heavy atom. The number of rotatable bonds is 2. The largest absolute Gasteiger partial charge is 0.477 e. The third-order valence-corrected chi connectivity index (χ3v) is 2.95. The zero-order valence-electron chi connectivity index (χ0n) is 10.3. The van der Waals surface area contributed by atoms with E-state index in [2.05, 4.69) is 15.2 Å². The fourth-order valence-corrected chi connectivity index (χ4v) is 2.01. The summed E-state index contributed by atoms with van der Waals surface area (Å²) in [6.45, 7) is 0.0336. The molecular weight excluding hydrogens is 262 g/mol. The van der Waals surface area contributed by atoms with Crippen molar-refractivity contribution in [2.45, 2.75) is 6.10 Å². The van der Waals surface area contributed by atoms with Crippen LogP contribution in [0.4, 0.5) is 5.69 Å². The Hall–Kier alpha value is -2.90. The summed E-state index contributed by atoms with van der Waals surface area (Å²) in [7, 11) is 0. The Labute approximate surface area is 113 Å². The van der Waals surface area contributed by atoms with E-state index >= 15 is 0 Å². The van der Waals surface area contributed by atoms with Crippen molar-refractivity contribution in [3.05, 3.63) is 36.4 Å². The number of ether oxygens (including phenoxy) is 1.